The summed E-state index contributed by atoms with van der Waals surface area (Å²) < 4.78 is 27.5. The van der Waals surface area contributed by atoms with Crippen LogP contribution in [-0.4, -0.2) is 67.7 Å². The highest BCUT2D eigenvalue weighted by Crippen LogP contribution is 2.21. The lowest BCUT2D eigenvalue weighted by Gasteiger charge is -2.22. The Hall–Kier alpha value is -2.22. The van der Waals surface area contributed by atoms with E-state index >= 15 is 0 Å². The van der Waals surface area contributed by atoms with Gasteiger partial charge in [0.2, 0.25) is 15.9 Å². The van der Waals surface area contributed by atoms with Gasteiger partial charge in [-0.2, -0.15) is 4.31 Å². The van der Waals surface area contributed by atoms with Crippen molar-refractivity contribution in [2.75, 3.05) is 39.3 Å². The Bertz CT molecular complexity index is 1020. The zero-order chi connectivity index (χ0) is 23.8. The van der Waals surface area contributed by atoms with E-state index in [0.29, 0.717) is 30.8 Å². The van der Waals surface area contributed by atoms with Crippen LogP contribution in [0.4, 0.5) is 0 Å². The van der Waals surface area contributed by atoms with Crippen molar-refractivity contribution in [2.24, 2.45) is 0 Å². The van der Waals surface area contributed by atoms with Gasteiger partial charge in [0, 0.05) is 52.2 Å². The van der Waals surface area contributed by atoms with Crippen LogP contribution in [0.2, 0.25) is 0 Å². The molecule has 0 aromatic heterocycles. The smallest absolute Gasteiger partial charge is 0.243 e. The van der Waals surface area contributed by atoms with Crippen LogP contribution < -0.4 is 0 Å². The lowest BCUT2D eigenvalue weighted by molar-refractivity contribution is -0.131. The van der Waals surface area contributed by atoms with E-state index in [-0.39, 0.29) is 5.91 Å². The van der Waals surface area contributed by atoms with Crippen LogP contribution in [0.25, 0.3) is 0 Å². The van der Waals surface area contributed by atoms with Gasteiger partial charge in [-0.25, -0.2) is 8.42 Å². The fourth-order valence-corrected chi connectivity index (χ4v) is 6.41. The first-order chi connectivity index (χ1) is 16.5. The second kappa shape index (κ2) is 12.0. The number of aryl methyl sites for hydroxylation is 1. The molecule has 0 aliphatic carbocycles. The molecule has 34 heavy (non-hydrogen) atoms. The second-order valence-electron chi connectivity index (χ2n) is 9.46. The molecule has 4 rings (SSSR count). The van der Waals surface area contributed by atoms with E-state index in [4.69, 9.17) is 0 Å². The number of hydrogen-bond donors (Lipinski definition) is 0. The average molecular weight is 484 g/mol. The Morgan fingerprint density at radius 3 is 2.12 bits per heavy atom. The van der Waals surface area contributed by atoms with E-state index in [0.717, 1.165) is 70.4 Å². The number of benzene rings is 2. The van der Waals surface area contributed by atoms with Crippen LogP contribution in [0, 0.1) is 0 Å². The summed E-state index contributed by atoms with van der Waals surface area (Å²) in [5, 5.41) is 0. The van der Waals surface area contributed by atoms with Gasteiger partial charge in [0.1, 0.15) is 0 Å². The maximum Gasteiger partial charge on any atom is 0.243 e. The summed E-state index contributed by atoms with van der Waals surface area (Å²) in [6.07, 6.45) is 6.13. The number of amides is 1. The molecular weight excluding hydrogens is 446 g/mol. The van der Waals surface area contributed by atoms with Gasteiger partial charge in [-0.05, 0) is 48.9 Å². The summed E-state index contributed by atoms with van der Waals surface area (Å²) >= 11 is 0. The third-order valence-electron chi connectivity index (χ3n) is 6.94. The average Bonchev–Trinajstić information content (AvgIpc) is 3.27. The number of sulfonamides is 1. The molecule has 2 saturated heterocycles. The summed E-state index contributed by atoms with van der Waals surface area (Å²) in [5.41, 5.74) is 2.31. The number of carbonyl (C=O) groups excluding carboxylic acids is 1. The molecule has 0 spiro atoms. The van der Waals surface area contributed by atoms with E-state index in [2.05, 4.69) is 29.2 Å². The van der Waals surface area contributed by atoms with Crippen LogP contribution in [-0.2, 0) is 27.8 Å². The van der Waals surface area contributed by atoms with Crippen molar-refractivity contribution in [3.05, 3.63) is 65.7 Å². The number of carbonyl (C=O) groups is 1. The molecule has 2 heterocycles. The summed E-state index contributed by atoms with van der Waals surface area (Å²) in [6.45, 7) is 5.61. The molecule has 2 fully saturated rings. The van der Waals surface area contributed by atoms with Crippen LogP contribution in [0.3, 0.4) is 0 Å². The molecule has 2 aliphatic heterocycles. The predicted octanol–water partition coefficient (Wildman–Crippen LogP) is 3.92. The summed E-state index contributed by atoms with van der Waals surface area (Å²) in [6, 6.07) is 17.6. The monoisotopic (exact) mass is 483 g/mol. The van der Waals surface area contributed by atoms with E-state index in [1.165, 1.54) is 5.56 Å². The maximum absolute atomic E-state index is 13.0. The van der Waals surface area contributed by atoms with Crippen LogP contribution in [0.5, 0.6) is 0 Å². The number of nitrogens with zero attached hydrogens (tertiary/aromatic N) is 3. The quantitative estimate of drug-likeness (QED) is 0.599. The molecule has 2 aromatic rings. The lowest BCUT2D eigenvalue weighted by Crippen LogP contribution is -2.35. The second-order valence-corrected chi connectivity index (χ2v) is 11.4. The standard InChI is InChI=1S/C27H37N3O3S/c31-27(29-18-8-17-28(21-22-29)23-25-9-4-3-5-10-25)16-13-24-11-14-26(15-12-24)34(32,33)30-19-6-1-2-7-20-30/h3-5,9-12,14-15H,1-2,6-8,13,16-23H2. The molecule has 184 valence electrons. The van der Waals surface area contributed by atoms with Crippen LogP contribution >= 0.6 is 0 Å². The Labute approximate surface area is 204 Å². The molecule has 0 N–H and O–H groups in total. The molecule has 0 atom stereocenters. The molecule has 0 unspecified atom stereocenters. The molecule has 1 amide bonds. The Morgan fingerprint density at radius 1 is 0.706 bits per heavy atom. The van der Waals surface area contributed by atoms with Gasteiger partial charge in [-0.1, -0.05) is 55.3 Å². The highest BCUT2D eigenvalue weighted by atomic mass is 32.2. The molecular formula is C27H37N3O3S. The van der Waals surface area contributed by atoms with Gasteiger partial charge in [0.05, 0.1) is 4.90 Å². The molecule has 0 bridgehead atoms. The van der Waals surface area contributed by atoms with Crippen molar-refractivity contribution in [1.29, 1.82) is 0 Å². The van der Waals surface area contributed by atoms with Crippen molar-refractivity contribution >= 4 is 15.9 Å². The van der Waals surface area contributed by atoms with Crippen molar-refractivity contribution in [1.82, 2.24) is 14.1 Å². The first-order valence-corrected chi connectivity index (χ1v) is 14.1. The van der Waals surface area contributed by atoms with Crippen molar-refractivity contribution in [3.63, 3.8) is 0 Å². The largest absolute Gasteiger partial charge is 0.341 e. The molecule has 0 radical (unpaired) electrons. The molecule has 6 nitrogen and oxygen atoms in total. The summed E-state index contributed by atoms with van der Waals surface area (Å²) in [4.78, 5) is 17.6. The van der Waals surface area contributed by atoms with E-state index in [1.807, 2.05) is 23.1 Å². The predicted molar refractivity (Wildman–Crippen MR) is 135 cm³/mol. The number of hydrogen-bond acceptors (Lipinski definition) is 4. The van der Waals surface area contributed by atoms with Gasteiger partial charge in [-0.15, -0.1) is 0 Å². The topological polar surface area (TPSA) is 60.9 Å². The minimum Gasteiger partial charge on any atom is -0.341 e. The van der Waals surface area contributed by atoms with Crippen LogP contribution in [0.1, 0.15) is 49.7 Å². The third-order valence-corrected chi connectivity index (χ3v) is 8.86. The van der Waals surface area contributed by atoms with Crippen molar-refractivity contribution in [2.45, 2.75) is 56.4 Å². The highest BCUT2D eigenvalue weighted by molar-refractivity contribution is 7.89. The SMILES string of the molecule is O=C(CCc1ccc(S(=O)(=O)N2CCCCCC2)cc1)N1CCCN(Cc2ccccc2)CC1. The third kappa shape index (κ3) is 6.68. The highest BCUT2D eigenvalue weighted by Gasteiger charge is 2.25. The Morgan fingerprint density at radius 2 is 1.41 bits per heavy atom. The van der Waals surface area contributed by atoms with Gasteiger partial charge >= 0.3 is 0 Å². The Kier molecular flexibility index (Phi) is 8.75. The molecule has 0 saturated carbocycles. The van der Waals surface area contributed by atoms with Crippen molar-refractivity contribution < 1.29 is 13.2 Å². The zero-order valence-electron chi connectivity index (χ0n) is 20.1. The van der Waals surface area contributed by atoms with Gasteiger partial charge in [-0.3, -0.25) is 9.69 Å². The van der Waals surface area contributed by atoms with E-state index in [9.17, 15) is 13.2 Å². The van der Waals surface area contributed by atoms with Gasteiger partial charge in [0.25, 0.3) is 0 Å². The molecule has 2 aliphatic rings. The van der Waals surface area contributed by atoms with Crippen molar-refractivity contribution in [3.8, 4) is 0 Å². The van der Waals surface area contributed by atoms with Crippen LogP contribution in [0.15, 0.2) is 59.5 Å². The van der Waals surface area contributed by atoms with E-state index in [1.54, 1.807) is 16.4 Å². The van der Waals surface area contributed by atoms with Gasteiger partial charge in [0.15, 0.2) is 0 Å². The molecule has 7 heteroatoms. The minimum absolute atomic E-state index is 0.183. The Balaban J connectivity index is 1.26. The van der Waals surface area contributed by atoms with E-state index < -0.39 is 10.0 Å². The fraction of sp³-hybridized carbons (Fsp3) is 0.519. The normalized spacial score (nSPS) is 18.9. The maximum atomic E-state index is 13.0. The first kappa shape index (κ1) is 24.9. The minimum atomic E-state index is -3.43. The number of rotatable bonds is 7. The lowest BCUT2D eigenvalue weighted by atomic mass is 10.1. The molecule has 2 aromatic carbocycles. The first-order valence-electron chi connectivity index (χ1n) is 12.7. The summed E-state index contributed by atoms with van der Waals surface area (Å²) in [5.74, 6) is 0.183. The fourth-order valence-electron chi connectivity index (χ4n) is 4.89. The summed E-state index contributed by atoms with van der Waals surface area (Å²) in [7, 11) is -3.43. The zero-order valence-corrected chi connectivity index (χ0v) is 20.9. The van der Waals surface area contributed by atoms with Gasteiger partial charge < -0.3 is 4.90 Å².